The fourth-order valence-corrected chi connectivity index (χ4v) is 3.70. The Labute approximate surface area is 152 Å². The third-order valence-electron chi connectivity index (χ3n) is 5.37. The molecule has 1 heterocycles. The molecule has 3 nitrogen and oxygen atoms in total. The summed E-state index contributed by atoms with van der Waals surface area (Å²) >= 11 is 0. The first-order chi connectivity index (χ1) is 12.6. The van der Waals surface area contributed by atoms with Gasteiger partial charge in [0.15, 0.2) is 0 Å². The lowest BCUT2D eigenvalue weighted by molar-refractivity contribution is -0.110. The molecule has 0 spiro atoms. The molecule has 0 saturated carbocycles. The van der Waals surface area contributed by atoms with Gasteiger partial charge in [-0.3, -0.25) is 0 Å². The number of aryl methyl sites for hydroxylation is 1. The minimum absolute atomic E-state index is 0.722. The average Bonchev–Trinajstić information content (AvgIpc) is 3.12. The van der Waals surface area contributed by atoms with Crippen molar-refractivity contribution >= 4 is 28.0 Å². The van der Waals surface area contributed by atoms with Crippen LogP contribution in [0.2, 0.25) is 0 Å². The summed E-state index contributed by atoms with van der Waals surface area (Å²) in [4.78, 5) is 15.6. The number of carbonyl (C=O) groups is 1. The van der Waals surface area contributed by atoms with E-state index in [0.717, 1.165) is 44.8 Å². The third kappa shape index (κ3) is 2.39. The molecule has 1 aromatic heterocycles. The van der Waals surface area contributed by atoms with Crippen molar-refractivity contribution in [2.45, 2.75) is 19.3 Å². The van der Waals surface area contributed by atoms with Crippen LogP contribution in [0.5, 0.6) is 5.75 Å². The fraction of sp³-hybridized carbons (Fsp3) is 0.174. The van der Waals surface area contributed by atoms with Crippen molar-refractivity contribution in [3.8, 4) is 5.75 Å². The maximum Gasteiger partial charge on any atom is 0.134 e. The number of nitrogens with one attached hydrogen (secondary N) is 1. The highest BCUT2D eigenvalue weighted by Gasteiger charge is 2.31. The van der Waals surface area contributed by atoms with Crippen LogP contribution in [0, 0.1) is 6.92 Å². The molecule has 1 N–H and O–H groups in total. The molecule has 0 radical (unpaired) electrons. The normalized spacial score (nSPS) is 13.7. The highest BCUT2D eigenvalue weighted by atomic mass is 16.5. The van der Waals surface area contributed by atoms with Gasteiger partial charge in [-0.2, -0.15) is 0 Å². The Morgan fingerprint density at radius 3 is 2.58 bits per heavy atom. The van der Waals surface area contributed by atoms with Crippen LogP contribution >= 0.6 is 0 Å². The summed E-state index contributed by atoms with van der Waals surface area (Å²) in [6, 6.07) is 18.3. The van der Waals surface area contributed by atoms with Gasteiger partial charge in [-0.15, -0.1) is 0 Å². The smallest absolute Gasteiger partial charge is 0.134 e. The molecule has 0 bridgehead atoms. The van der Waals surface area contributed by atoms with Crippen LogP contribution in [0.3, 0.4) is 0 Å². The summed E-state index contributed by atoms with van der Waals surface area (Å²) in [6.45, 7) is 4.06. The Morgan fingerprint density at radius 2 is 1.81 bits per heavy atom. The molecular weight excluding hydrogens is 322 g/mol. The lowest BCUT2D eigenvalue weighted by atomic mass is 9.77. The first kappa shape index (κ1) is 16.4. The van der Waals surface area contributed by atoms with Crippen molar-refractivity contribution in [1.29, 1.82) is 0 Å². The largest absolute Gasteiger partial charge is 0.497 e. The Bertz CT molecular complexity index is 1130. The predicted octanol–water partition coefficient (Wildman–Crippen LogP) is 5.14. The maximum absolute atomic E-state index is 12.3. The van der Waals surface area contributed by atoms with E-state index < -0.39 is 5.41 Å². The van der Waals surface area contributed by atoms with Crippen LogP contribution in [-0.2, 0) is 10.2 Å². The molecule has 0 aliphatic heterocycles. The fourth-order valence-electron chi connectivity index (χ4n) is 3.70. The number of aromatic amines is 1. The number of aromatic nitrogens is 1. The number of rotatable bonds is 4. The summed E-state index contributed by atoms with van der Waals surface area (Å²) in [7, 11) is 1.66. The van der Waals surface area contributed by atoms with Crippen LogP contribution in [0.15, 0.2) is 60.8 Å². The van der Waals surface area contributed by atoms with Crippen molar-refractivity contribution < 1.29 is 9.53 Å². The van der Waals surface area contributed by atoms with Gasteiger partial charge in [-0.1, -0.05) is 36.4 Å². The number of para-hydroxylation sites is 1. The van der Waals surface area contributed by atoms with Gasteiger partial charge in [0.05, 0.1) is 12.5 Å². The van der Waals surface area contributed by atoms with E-state index in [2.05, 4.69) is 36.2 Å². The second-order valence-electron chi connectivity index (χ2n) is 6.95. The van der Waals surface area contributed by atoms with E-state index in [1.807, 2.05) is 43.5 Å². The van der Waals surface area contributed by atoms with Crippen LogP contribution in [-0.4, -0.2) is 18.4 Å². The number of H-pyrrole nitrogens is 1. The number of hydrogen-bond acceptors (Lipinski definition) is 2. The van der Waals surface area contributed by atoms with Crippen LogP contribution < -0.4 is 4.74 Å². The number of benzene rings is 3. The zero-order chi connectivity index (χ0) is 18.3. The standard InChI is InChI=1S/C23H21NO2/c1-15-5-4-6-20-21(13-24-22(15)20)23(2,14-25)18-9-7-17-12-19(26-3)10-8-16(17)11-18/h4-14,24H,1-3H3/t23-/m0/s1. The molecule has 0 aliphatic carbocycles. The van der Waals surface area contributed by atoms with Gasteiger partial charge in [0.1, 0.15) is 12.0 Å². The highest BCUT2D eigenvalue weighted by Crippen LogP contribution is 2.37. The molecule has 1 atom stereocenters. The Balaban J connectivity index is 1.91. The molecule has 0 saturated heterocycles. The molecule has 3 heteroatoms. The van der Waals surface area contributed by atoms with Gasteiger partial charge in [-0.25, -0.2) is 0 Å². The number of aldehydes is 1. The van der Waals surface area contributed by atoms with Crippen molar-refractivity contribution in [3.05, 3.63) is 77.5 Å². The van der Waals surface area contributed by atoms with Gasteiger partial charge >= 0.3 is 0 Å². The first-order valence-corrected chi connectivity index (χ1v) is 8.68. The minimum Gasteiger partial charge on any atom is -0.497 e. The molecule has 0 fully saturated rings. The Kier molecular flexibility index (Phi) is 3.80. The van der Waals surface area contributed by atoms with Gasteiger partial charge in [0.25, 0.3) is 0 Å². The Hall–Kier alpha value is -3.07. The van der Waals surface area contributed by atoms with Gasteiger partial charge < -0.3 is 14.5 Å². The van der Waals surface area contributed by atoms with Crippen molar-refractivity contribution in [1.82, 2.24) is 4.98 Å². The molecule has 4 aromatic rings. The molecule has 130 valence electrons. The van der Waals surface area contributed by atoms with Crippen molar-refractivity contribution in [2.75, 3.05) is 7.11 Å². The molecule has 26 heavy (non-hydrogen) atoms. The number of fused-ring (bicyclic) bond motifs is 2. The third-order valence-corrected chi connectivity index (χ3v) is 5.37. The molecule has 0 aliphatic rings. The van der Waals surface area contributed by atoms with Gasteiger partial charge in [-0.05, 0) is 59.5 Å². The second kappa shape index (κ2) is 6.03. The summed E-state index contributed by atoms with van der Waals surface area (Å²) in [5.41, 5.74) is 3.51. The lowest BCUT2D eigenvalue weighted by Crippen LogP contribution is -2.25. The summed E-state index contributed by atoms with van der Waals surface area (Å²) in [5, 5.41) is 3.28. The molecule has 0 amide bonds. The highest BCUT2D eigenvalue weighted by molar-refractivity contribution is 5.93. The van der Waals surface area contributed by atoms with Gasteiger partial charge in [0.2, 0.25) is 0 Å². The average molecular weight is 343 g/mol. The number of methoxy groups -OCH3 is 1. The monoisotopic (exact) mass is 343 g/mol. The van der Waals surface area contributed by atoms with Crippen molar-refractivity contribution in [3.63, 3.8) is 0 Å². The van der Waals surface area contributed by atoms with E-state index in [1.54, 1.807) is 7.11 Å². The predicted molar refractivity (Wildman–Crippen MR) is 106 cm³/mol. The van der Waals surface area contributed by atoms with Crippen LogP contribution in [0.25, 0.3) is 21.7 Å². The quantitative estimate of drug-likeness (QED) is 0.521. The van der Waals surface area contributed by atoms with E-state index in [0.29, 0.717) is 0 Å². The summed E-state index contributed by atoms with van der Waals surface area (Å²) < 4.78 is 5.30. The molecule has 0 unspecified atom stereocenters. The number of ether oxygens (including phenoxy) is 1. The van der Waals surface area contributed by atoms with E-state index in [4.69, 9.17) is 4.74 Å². The van der Waals surface area contributed by atoms with Gasteiger partial charge in [0, 0.05) is 17.1 Å². The zero-order valence-electron chi connectivity index (χ0n) is 15.2. The first-order valence-electron chi connectivity index (χ1n) is 8.68. The molecule has 4 rings (SSSR count). The SMILES string of the molecule is COc1ccc2cc([C@](C)(C=O)c3c[nH]c4c(C)cccc34)ccc2c1. The van der Waals surface area contributed by atoms with Crippen LogP contribution in [0.4, 0.5) is 0 Å². The van der Waals surface area contributed by atoms with Crippen molar-refractivity contribution in [2.24, 2.45) is 0 Å². The van der Waals surface area contributed by atoms with E-state index >= 15 is 0 Å². The van der Waals surface area contributed by atoms with E-state index in [-0.39, 0.29) is 0 Å². The minimum atomic E-state index is -0.722. The molecule has 3 aromatic carbocycles. The van der Waals surface area contributed by atoms with E-state index in [9.17, 15) is 4.79 Å². The van der Waals surface area contributed by atoms with E-state index in [1.165, 1.54) is 5.56 Å². The van der Waals surface area contributed by atoms with Crippen LogP contribution in [0.1, 0.15) is 23.6 Å². The second-order valence-corrected chi connectivity index (χ2v) is 6.95. The topological polar surface area (TPSA) is 42.1 Å². The Morgan fingerprint density at radius 1 is 1.04 bits per heavy atom. The maximum atomic E-state index is 12.3. The lowest BCUT2D eigenvalue weighted by Gasteiger charge is -2.24. The summed E-state index contributed by atoms with van der Waals surface area (Å²) in [5.74, 6) is 0.829. The number of carbonyl (C=O) groups excluding carboxylic acids is 1. The number of hydrogen-bond donors (Lipinski definition) is 1. The summed E-state index contributed by atoms with van der Waals surface area (Å²) in [6.07, 6.45) is 3.01. The zero-order valence-corrected chi connectivity index (χ0v) is 15.2. The molecular formula is C23H21NO2.